The minimum absolute atomic E-state index is 0.275. The average Bonchev–Trinajstić information content (AvgIpc) is 3.31. The molecule has 1 atom stereocenters. The Hall–Kier alpha value is -1.16. The number of sulfonamides is 1. The van der Waals surface area contributed by atoms with Crippen molar-refractivity contribution < 1.29 is 8.42 Å². The standard InChI is InChI=1S/C19H33N5O2S2/c1-16-6-10-23(11-7-16)17(18-5-3-13-27-18)15-22-19(20-2)21-8-12-24-9-4-14-28(24,25)26/h3,5,13,16-17H,4,6-12,14-15H2,1-2H3,(H2,20,21,22). The number of likely N-dealkylation sites (tertiary alicyclic amines) is 1. The predicted molar refractivity (Wildman–Crippen MR) is 116 cm³/mol. The van der Waals surface area contributed by atoms with Gasteiger partial charge in [-0.15, -0.1) is 11.3 Å². The number of nitrogens with zero attached hydrogens (tertiary/aromatic N) is 3. The van der Waals surface area contributed by atoms with E-state index in [1.54, 1.807) is 22.7 Å². The number of aliphatic imine (C=N–C) groups is 1. The maximum Gasteiger partial charge on any atom is 0.214 e. The quantitative estimate of drug-likeness (QED) is 0.512. The third kappa shape index (κ3) is 5.68. The van der Waals surface area contributed by atoms with Crippen molar-refractivity contribution in [2.45, 2.75) is 32.2 Å². The highest BCUT2D eigenvalue weighted by molar-refractivity contribution is 7.89. The second-order valence-corrected chi connectivity index (χ2v) is 10.8. The zero-order valence-electron chi connectivity index (χ0n) is 16.9. The van der Waals surface area contributed by atoms with Gasteiger partial charge in [-0.3, -0.25) is 9.89 Å². The highest BCUT2D eigenvalue weighted by Crippen LogP contribution is 2.29. The van der Waals surface area contributed by atoms with Gasteiger partial charge < -0.3 is 10.6 Å². The molecule has 2 aliphatic heterocycles. The van der Waals surface area contributed by atoms with Gasteiger partial charge in [-0.25, -0.2) is 12.7 Å². The summed E-state index contributed by atoms with van der Waals surface area (Å²) in [7, 11) is -1.28. The Morgan fingerprint density at radius 3 is 2.71 bits per heavy atom. The van der Waals surface area contributed by atoms with Gasteiger partial charge in [-0.2, -0.15) is 0 Å². The molecule has 1 aromatic rings. The second-order valence-electron chi connectivity index (χ2n) is 7.70. The molecule has 0 amide bonds. The molecule has 0 aliphatic carbocycles. The molecule has 0 bridgehead atoms. The summed E-state index contributed by atoms with van der Waals surface area (Å²) in [5.74, 6) is 1.81. The van der Waals surface area contributed by atoms with Gasteiger partial charge in [0.1, 0.15) is 0 Å². The van der Waals surface area contributed by atoms with Gasteiger partial charge in [0.2, 0.25) is 10.0 Å². The summed E-state index contributed by atoms with van der Waals surface area (Å²) < 4.78 is 25.4. The van der Waals surface area contributed by atoms with E-state index in [4.69, 9.17) is 0 Å². The molecule has 2 aliphatic rings. The van der Waals surface area contributed by atoms with Crippen molar-refractivity contribution in [3.63, 3.8) is 0 Å². The molecule has 3 rings (SSSR count). The fraction of sp³-hybridized carbons (Fsp3) is 0.737. The predicted octanol–water partition coefficient (Wildman–Crippen LogP) is 1.72. The molecule has 28 heavy (non-hydrogen) atoms. The number of nitrogens with one attached hydrogen (secondary N) is 2. The molecule has 1 aromatic heterocycles. The van der Waals surface area contributed by atoms with E-state index in [1.165, 1.54) is 17.7 Å². The molecule has 9 heteroatoms. The summed E-state index contributed by atoms with van der Waals surface area (Å²) in [4.78, 5) is 8.26. The molecular formula is C19H33N5O2S2. The lowest BCUT2D eigenvalue weighted by atomic mass is 9.97. The smallest absolute Gasteiger partial charge is 0.214 e. The van der Waals surface area contributed by atoms with Crippen molar-refractivity contribution in [3.8, 4) is 0 Å². The van der Waals surface area contributed by atoms with Crippen LogP contribution in [0.25, 0.3) is 0 Å². The summed E-state index contributed by atoms with van der Waals surface area (Å²) in [6.07, 6.45) is 3.23. The monoisotopic (exact) mass is 427 g/mol. The van der Waals surface area contributed by atoms with E-state index in [-0.39, 0.29) is 5.75 Å². The SMILES string of the molecule is CN=C(NCCN1CCCS1(=O)=O)NCC(c1cccs1)N1CCC(C)CC1. The Morgan fingerprint density at radius 2 is 2.11 bits per heavy atom. The van der Waals surface area contributed by atoms with E-state index in [9.17, 15) is 8.42 Å². The molecule has 0 aromatic carbocycles. The van der Waals surface area contributed by atoms with Gasteiger partial charge in [0, 0.05) is 38.1 Å². The molecule has 2 fully saturated rings. The van der Waals surface area contributed by atoms with Crippen LogP contribution in [0, 0.1) is 5.92 Å². The first kappa shape index (κ1) is 21.5. The normalized spacial score (nSPS) is 23.0. The highest BCUT2D eigenvalue weighted by Gasteiger charge is 2.28. The summed E-state index contributed by atoms with van der Waals surface area (Å²) >= 11 is 1.80. The van der Waals surface area contributed by atoms with Crippen molar-refractivity contribution in [1.82, 2.24) is 19.8 Å². The molecule has 7 nitrogen and oxygen atoms in total. The number of guanidine groups is 1. The molecular weight excluding hydrogens is 394 g/mol. The fourth-order valence-electron chi connectivity index (χ4n) is 3.89. The van der Waals surface area contributed by atoms with Crippen LogP contribution in [0.3, 0.4) is 0 Å². The van der Waals surface area contributed by atoms with E-state index in [1.807, 2.05) is 0 Å². The topological polar surface area (TPSA) is 77.0 Å². The zero-order valence-corrected chi connectivity index (χ0v) is 18.6. The Bertz CT molecular complexity index is 728. The summed E-state index contributed by atoms with van der Waals surface area (Å²) in [6, 6.07) is 4.66. The average molecular weight is 428 g/mol. The van der Waals surface area contributed by atoms with Gasteiger partial charge in [0.25, 0.3) is 0 Å². The molecule has 0 saturated carbocycles. The van der Waals surface area contributed by atoms with Gasteiger partial charge >= 0.3 is 0 Å². The maximum atomic E-state index is 11.9. The third-order valence-electron chi connectivity index (χ3n) is 5.67. The van der Waals surface area contributed by atoms with Crippen LogP contribution in [-0.2, 0) is 10.0 Å². The number of hydrogen-bond acceptors (Lipinski definition) is 5. The van der Waals surface area contributed by atoms with Gasteiger partial charge in [0.05, 0.1) is 11.8 Å². The van der Waals surface area contributed by atoms with E-state index in [2.05, 4.69) is 45.0 Å². The first-order valence-electron chi connectivity index (χ1n) is 10.2. The third-order valence-corrected chi connectivity index (χ3v) is 8.60. The lowest BCUT2D eigenvalue weighted by molar-refractivity contribution is 0.140. The number of piperidine rings is 1. The summed E-state index contributed by atoms with van der Waals surface area (Å²) in [6.45, 7) is 7.06. The van der Waals surface area contributed by atoms with Crippen LogP contribution in [0.4, 0.5) is 0 Å². The van der Waals surface area contributed by atoms with E-state index < -0.39 is 10.0 Å². The molecule has 0 radical (unpaired) electrons. The zero-order chi connectivity index (χ0) is 20.0. The molecule has 158 valence electrons. The molecule has 0 spiro atoms. The van der Waals surface area contributed by atoms with Crippen LogP contribution in [0.15, 0.2) is 22.5 Å². The molecule has 2 N–H and O–H groups in total. The Labute approximate surface area is 173 Å². The van der Waals surface area contributed by atoms with Crippen LogP contribution in [0.1, 0.15) is 37.1 Å². The van der Waals surface area contributed by atoms with E-state index in [0.717, 1.165) is 37.9 Å². The number of thiophene rings is 1. The number of rotatable bonds is 7. The Morgan fingerprint density at radius 1 is 1.32 bits per heavy atom. The van der Waals surface area contributed by atoms with Crippen LogP contribution < -0.4 is 10.6 Å². The van der Waals surface area contributed by atoms with Gasteiger partial charge in [-0.1, -0.05) is 13.0 Å². The lowest BCUT2D eigenvalue weighted by Gasteiger charge is -2.36. The van der Waals surface area contributed by atoms with Crippen molar-refractivity contribution in [2.75, 3.05) is 52.1 Å². The highest BCUT2D eigenvalue weighted by atomic mass is 32.2. The second kappa shape index (κ2) is 10.0. The minimum Gasteiger partial charge on any atom is -0.355 e. The maximum absolute atomic E-state index is 11.9. The van der Waals surface area contributed by atoms with Crippen LogP contribution in [0.2, 0.25) is 0 Å². The van der Waals surface area contributed by atoms with Crippen molar-refractivity contribution in [1.29, 1.82) is 0 Å². The fourth-order valence-corrected chi connectivity index (χ4v) is 6.28. The van der Waals surface area contributed by atoms with Gasteiger partial charge in [-0.05, 0) is 49.7 Å². The van der Waals surface area contributed by atoms with Crippen molar-refractivity contribution in [2.24, 2.45) is 10.9 Å². The van der Waals surface area contributed by atoms with Crippen LogP contribution in [-0.4, -0.2) is 75.7 Å². The van der Waals surface area contributed by atoms with Crippen molar-refractivity contribution >= 4 is 27.3 Å². The molecule has 3 heterocycles. The van der Waals surface area contributed by atoms with E-state index in [0.29, 0.717) is 25.7 Å². The first-order chi connectivity index (χ1) is 13.5. The Kier molecular flexibility index (Phi) is 7.73. The molecule has 2 saturated heterocycles. The summed E-state index contributed by atoms with van der Waals surface area (Å²) in [5, 5.41) is 8.85. The summed E-state index contributed by atoms with van der Waals surface area (Å²) in [5.41, 5.74) is 0. The molecule has 1 unspecified atom stereocenters. The van der Waals surface area contributed by atoms with E-state index >= 15 is 0 Å². The van der Waals surface area contributed by atoms with Crippen molar-refractivity contribution in [3.05, 3.63) is 22.4 Å². The largest absolute Gasteiger partial charge is 0.355 e. The van der Waals surface area contributed by atoms with Gasteiger partial charge in [0.15, 0.2) is 5.96 Å². The Balaban J connectivity index is 1.51. The lowest BCUT2D eigenvalue weighted by Crippen LogP contribution is -2.46. The number of hydrogen-bond donors (Lipinski definition) is 2. The first-order valence-corrected chi connectivity index (χ1v) is 12.7. The van der Waals surface area contributed by atoms with Crippen LogP contribution in [0.5, 0.6) is 0 Å². The minimum atomic E-state index is -3.04. The van der Waals surface area contributed by atoms with Crippen LogP contribution >= 0.6 is 11.3 Å².